The van der Waals surface area contributed by atoms with Gasteiger partial charge in [0.1, 0.15) is 24.0 Å². The number of fused-ring (bicyclic) bond motifs is 2. The molecule has 3 heterocycles. The quantitative estimate of drug-likeness (QED) is 0.365. The molecule has 0 aliphatic heterocycles. The Morgan fingerprint density at radius 2 is 2.03 bits per heavy atom. The fourth-order valence-corrected chi connectivity index (χ4v) is 4.41. The average Bonchev–Trinajstić information content (AvgIpc) is 3.45. The molecule has 1 N–H and O–H groups in total. The molecule has 0 saturated heterocycles. The molecule has 0 amide bonds. The number of benzene rings is 2. The Bertz CT molecular complexity index is 1450. The second kappa shape index (κ2) is 8.72. The Kier molecular flexibility index (Phi) is 5.61. The van der Waals surface area contributed by atoms with Gasteiger partial charge in [-0.05, 0) is 36.8 Å². The van der Waals surface area contributed by atoms with Crippen LogP contribution in [0.2, 0.25) is 0 Å². The predicted octanol–water partition coefficient (Wildman–Crippen LogP) is 4.94. The number of hydrogen-bond acceptors (Lipinski definition) is 8. The van der Waals surface area contributed by atoms with E-state index in [9.17, 15) is 0 Å². The van der Waals surface area contributed by atoms with Gasteiger partial charge in [0.2, 0.25) is 0 Å². The smallest absolute Gasteiger partial charge is 0.166 e. The lowest BCUT2D eigenvalue weighted by Crippen LogP contribution is -2.18. The average molecular weight is 465 g/mol. The van der Waals surface area contributed by atoms with E-state index in [1.54, 1.807) is 35.6 Å². The first-order valence-electron chi connectivity index (χ1n) is 10.3. The van der Waals surface area contributed by atoms with Crippen LogP contribution in [-0.4, -0.2) is 44.6 Å². The molecule has 0 radical (unpaired) electrons. The summed E-state index contributed by atoms with van der Waals surface area (Å²) < 4.78 is 28.8. The van der Waals surface area contributed by atoms with E-state index < -0.39 is 0 Å². The van der Waals surface area contributed by atoms with Crippen LogP contribution in [0.15, 0.2) is 48.5 Å². The summed E-state index contributed by atoms with van der Waals surface area (Å²) in [7, 11) is 3.49. The molecule has 2 aromatic carbocycles. The van der Waals surface area contributed by atoms with Crippen LogP contribution in [-0.2, 0) is 11.8 Å². The van der Waals surface area contributed by atoms with Gasteiger partial charge in [0.05, 0.1) is 45.1 Å². The molecular formula is C23H21FN6O2S. The van der Waals surface area contributed by atoms with Crippen LogP contribution >= 0.6 is 11.3 Å². The number of aryl methyl sites for hydroxylation is 1. The van der Waals surface area contributed by atoms with Gasteiger partial charge < -0.3 is 14.8 Å². The molecule has 5 rings (SSSR count). The zero-order valence-corrected chi connectivity index (χ0v) is 19.1. The molecule has 0 aliphatic rings. The first-order valence-corrected chi connectivity index (χ1v) is 11.1. The summed E-state index contributed by atoms with van der Waals surface area (Å²) in [5.41, 5.74) is 5.04. The van der Waals surface area contributed by atoms with E-state index in [0.29, 0.717) is 45.0 Å². The second-order valence-electron chi connectivity index (χ2n) is 7.63. The van der Waals surface area contributed by atoms with Gasteiger partial charge in [-0.2, -0.15) is 5.10 Å². The van der Waals surface area contributed by atoms with Crippen molar-refractivity contribution in [2.45, 2.75) is 13.0 Å². The van der Waals surface area contributed by atoms with Crippen LogP contribution in [0.5, 0.6) is 5.75 Å². The molecule has 1 atom stereocenters. The summed E-state index contributed by atoms with van der Waals surface area (Å²) in [5, 5.41) is 8.04. The van der Waals surface area contributed by atoms with Crippen LogP contribution in [0.1, 0.15) is 6.92 Å². The minimum absolute atomic E-state index is 0.222. The van der Waals surface area contributed by atoms with Gasteiger partial charge in [-0.15, -0.1) is 11.3 Å². The van der Waals surface area contributed by atoms with Crippen LogP contribution in [0.4, 0.5) is 15.9 Å². The SMILES string of the molecule is COC[C@@H](C)Oc1cc(-c2cnn(C)c2)cc2ncnc(Nc3ccc4ncsc4c3F)c12. The molecule has 10 heteroatoms. The highest BCUT2D eigenvalue weighted by molar-refractivity contribution is 7.16. The minimum Gasteiger partial charge on any atom is -0.487 e. The highest BCUT2D eigenvalue weighted by Crippen LogP contribution is 2.37. The zero-order valence-electron chi connectivity index (χ0n) is 18.2. The molecule has 5 aromatic rings. The van der Waals surface area contributed by atoms with Crippen molar-refractivity contribution in [3.05, 3.63) is 54.3 Å². The largest absolute Gasteiger partial charge is 0.487 e. The minimum atomic E-state index is -0.371. The molecule has 8 nitrogen and oxygen atoms in total. The normalized spacial score (nSPS) is 12.4. The number of nitrogens with one attached hydrogen (secondary N) is 1. The van der Waals surface area contributed by atoms with E-state index in [4.69, 9.17) is 9.47 Å². The molecular weight excluding hydrogens is 443 g/mol. The van der Waals surface area contributed by atoms with Crippen LogP contribution in [0, 0.1) is 5.82 Å². The summed E-state index contributed by atoms with van der Waals surface area (Å²) in [5.74, 6) is 0.641. The van der Waals surface area contributed by atoms with Gasteiger partial charge in [0, 0.05) is 25.9 Å². The summed E-state index contributed by atoms with van der Waals surface area (Å²) in [6.07, 6.45) is 4.93. The van der Waals surface area contributed by atoms with Crippen LogP contribution in [0.25, 0.3) is 32.2 Å². The molecule has 0 unspecified atom stereocenters. The van der Waals surface area contributed by atoms with E-state index in [0.717, 1.165) is 11.1 Å². The predicted molar refractivity (Wildman–Crippen MR) is 127 cm³/mol. The number of aromatic nitrogens is 5. The van der Waals surface area contributed by atoms with Crippen molar-refractivity contribution < 1.29 is 13.9 Å². The molecule has 0 saturated carbocycles. The number of thiazole rings is 1. The van der Waals surface area contributed by atoms with Gasteiger partial charge in [-0.3, -0.25) is 4.68 Å². The first kappa shape index (κ1) is 21.2. The van der Waals surface area contributed by atoms with Gasteiger partial charge in [0.15, 0.2) is 5.82 Å². The van der Waals surface area contributed by atoms with Crippen LogP contribution in [0.3, 0.4) is 0 Å². The Hall–Kier alpha value is -3.63. The van der Waals surface area contributed by atoms with E-state index in [-0.39, 0.29) is 11.9 Å². The fourth-order valence-electron chi connectivity index (χ4n) is 3.68. The summed E-state index contributed by atoms with van der Waals surface area (Å²) >= 11 is 1.26. The van der Waals surface area contributed by atoms with Gasteiger partial charge in [0.25, 0.3) is 0 Å². The highest BCUT2D eigenvalue weighted by atomic mass is 32.1. The summed E-state index contributed by atoms with van der Waals surface area (Å²) in [4.78, 5) is 13.0. The molecule has 3 aromatic heterocycles. The lowest BCUT2D eigenvalue weighted by molar-refractivity contribution is 0.0931. The Morgan fingerprint density at radius 3 is 2.82 bits per heavy atom. The van der Waals surface area contributed by atoms with Crippen molar-refractivity contribution in [2.75, 3.05) is 19.0 Å². The number of methoxy groups -OCH3 is 1. The number of hydrogen-bond donors (Lipinski definition) is 1. The number of ether oxygens (including phenoxy) is 2. The van der Waals surface area contributed by atoms with Crippen molar-refractivity contribution in [3.8, 4) is 16.9 Å². The topological polar surface area (TPSA) is 87.0 Å². The van der Waals surface area contributed by atoms with E-state index in [1.807, 2.05) is 32.3 Å². The fraction of sp³-hybridized carbons (Fsp3) is 0.217. The van der Waals surface area contributed by atoms with Crippen molar-refractivity contribution in [1.82, 2.24) is 24.7 Å². The Labute approximate surface area is 193 Å². The number of rotatable bonds is 7. The van der Waals surface area contributed by atoms with Crippen molar-refractivity contribution in [2.24, 2.45) is 7.05 Å². The monoisotopic (exact) mass is 464 g/mol. The van der Waals surface area contributed by atoms with Crippen molar-refractivity contribution >= 4 is 44.0 Å². The Balaban J connectivity index is 1.64. The molecule has 33 heavy (non-hydrogen) atoms. The maximum atomic E-state index is 15.1. The number of halogens is 1. The zero-order chi connectivity index (χ0) is 22.9. The van der Waals surface area contributed by atoms with Gasteiger partial charge >= 0.3 is 0 Å². The third-order valence-electron chi connectivity index (χ3n) is 5.16. The van der Waals surface area contributed by atoms with Crippen LogP contribution < -0.4 is 10.1 Å². The maximum absolute atomic E-state index is 15.1. The summed E-state index contributed by atoms with van der Waals surface area (Å²) in [6, 6.07) is 7.29. The van der Waals surface area contributed by atoms with Gasteiger partial charge in [-0.25, -0.2) is 19.3 Å². The van der Waals surface area contributed by atoms with Crippen molar-refractivity contribution in [3.63, 3.8) is 0 Å². The second-order valence-corrected chi connectivity index (χ2v) is 8.48. The molecule has 0 fully saturated rings. The van der Waals surface area contributed by atoms with Gasteiger partial charge in [-0.1, -0.05) is 0 Å². The molecule has 0 bridgehead atoms. The van der Waals surface area contributed by atoms with E-state index in [2.05, 4.69) is 25.4 Å². The maximum Gasteiger partial charge on any atom is 0.166 e. The lowest BCUT2D eigenvalue weighted by Gasteiger charge is -2.18. The molecule has 168 valence electrons. The van der Waals surface area contributed by atoms with E-state index in [1.165, 1.54) is 17.7 Å². The third-order valence-corrected chi connectivity index (χ3v) is 6.00. The van der Waals surface area contributed by atoms with Crippen molar-refractivity contribution in [1.29, 1.82) is 0 Å². The Morgan fingerprint density at radius 1 is 1.15 bits per heavy atom. The number of nitrogens with zero attached hydrogens (tertiary/aromatic N) is 5. The molecule has 0 spiro atoms. The highest BCUT2D eigenvalue weighted by Gasteiger charge is 2.18. The summed E-state index contributed by atoms with van der Waals surface area (Å²) in [6.45, 7) is 2.33. The van der Waals surface area contributed by atoms with E-state index >= 15 is 4.39 Å². The standard InChI is InChI=1S/C23H21FN6O2S/c1-13(10-31-3)32-19-7-14(15-8-28-30(2)9-15)6-18-20(19)23(26-11-25-18)29-16-4-5-17-22(21(16)24)33-12-27-17/h4-9,11-13H,10H2,1-3H3,(H,25,26,29)/t13-/m1/s1. The molecule has 0 aliphatic carbocycles. The number of anilines is 2. The first-order chi connectivity index (χ1) is 16.0. The third kappa shape index (κ3) is 4.10. The lowest BCUT2D eigenvalue weighted by atomic mass is 10.1.